The van der Waals surface area contributed by atoms with Gasteiger partial charge in [0.05, 0.1) is 17.6 Å². The molecule has 24 heavy (non-hydrogen) atoms. The van der Waals surface area contributed by atoms with Crippen LogP contribution in [-0.2, 0) is 14.8 Å². The van der Waals surface area contributed by atoms with Crippen molar-refractivity contribution in [3.8, 4) is 0 Å². The van der Waals surface area contributed by atoms with Crippen LogP contribution < -0.4 is 0 Å². The second-order valence-electron chi connectivity index (χ2n) is 5.75. The van der Waals surface area contributed by atoms with E-state index in [1.165, 1.54) is 41.2 Å². The lowest BCUT2D eigenvalue weighted by Crippen LogP contribution is -2.37. The first-order valence-electron chi connectivity index (χ1n) is 7.73. The van der Waals surface area contributed by atoms with Crippen molar-refractivity contribution in [3.63, 3.8) is 0 Å². The second kappa shape index (κ2) is 7.04. The largest absolute Gasteiger partial charge is 0.465 e. The summed E-state index contributed by atoms with van der Waals surface area (Å²) in [4.78, 5) is 11.7. The number of carbonyl (C=O) groups excluding carboxylic acids is 1. The van der Waals surface area contributed by atoms with Crippen molar-refractivity contribution >= 4 is 27.3 Å². The van der Waals surface area contributed by atoms with Crippen LogP contribution >= 0.6 is 11.3 Å². The molecule has 7 heteroatoms. The molecule has 0 saturated carbocycles. The first-order chi connectivity index (χ1) is 11.5. The summed E-state index contributed by atoms with van der Waals surface area (Å²) >= 11 is 1.67. The standard InChI is InChI=1S/C17H19NO4S2/c1-22-17(19)14-2-4-16(5-3-14)24(20,21)18-9-6-13(7-10-18)15-8-11-23-12-15/h2-5,8,11-13H,6-7,9-10H2,1H3. The Labute approximate surface area is 145 Å². The Balaban J connectivity index is 1.71. The Morgan fingerprint density at radius 3 is 2.38 bits per heavy atom. The molecule has 0 atom stereocenters. The SMILES string of the molecule is COC(=O)c1ccc(S(=O)(=O)N2CCC(c3ccsc3)CC2)cc1. The Bertz CT molecular complexity index is 790. The highest BCUT2D eigenvalue weighted by atomic mass is 32.2. The minimum absolute atomic E-state index is 0.212. The molecule has 1 aliphatic rings. The Morgan fingerprint density at radius 1 is 1.17 bits per heavy atom. The number of nitrogens with zero attached hydrogens (tertiary/aromatic N) is 1. The van der Waals surface area contributed by atoms with Gasteiger partial charge < -0.3 is 4.74 Å². The van der Waals surface area contributed by atoms with Gasteiger partial charge in [0.25, 0.3) is 0 Å². The molecular weight excluding hydrogens is 346 g/mol. The van der Waals surface area contributed by atoms with E-state index in [1.807, 2.05) is 0 Å². The molecule has 0 amide bonds. The van der Waals surface area contributed by atoms with E-state index in [-0.39, 0.29) is 4.90 Å². The zero-order valence-corrected chi connectivity index (χ0v) is 15.0. The fourth-order valence-electron chi connectivity index (χ4n) is 2.97. The van der Waals surface area contributed by atoms with E-state index >= 15 is 0 Å². The van der Waals surface area contributed by atoms with Crippen LogP contribution in [0.5, 0.6) is 0 Å². The smallest absolute Gasteiger partial charge is 0.337 e. The third kappa shape index (κ3) is 3.38. The molecule has 0 radical (unpaired) electrons. The van der Waals surface area contributed by atoms with Gasteiger partial charge in [-0.25, -0.2) is 13.2 Å². The third-order valence-electron chi connectivity index (χ3n) is 4.38. The lowest BCUT2D eigenvalue weighted by atomic mass is 9.92. The molecule has 1 aromatic carbocycles. The number of methoxy groups -OCH3 is 1. The third-order valence-corrected chi connectivity index (χ3v) is 7.00. The number of benzene rings is 1. The van der Waals surface area contributed by atoms with Gasteiger partial charge in [0.15, 0.2) is 0 Å². The van der Waals surface area contributed by atoms with Gasteiger partial charge in [-0.2, -0.15) is 15.6 Å². The molecule has 0 unspecified atom stereocenters. The van der Waals surface area contributed by atoms with Crippen LogP contribution in [0, 0.1) is 0 Å². The van der Waals surface area contributed by atoms with Gasteiger partial charge >= 0.3 is 5.97 Å². The molecular formula is C17H19NO4S2. The van der Waals surface area contributed by atoms with Crippen LogP contribution in [0.15, 0.2) is 46.0 Å². The summed E-state index contributed by atoms with van der Waals surface area (Å²) in [6, 6.07) is 8.01. The summed E-state index contributed by atoms with van der Waals surface area (Å²) in [6.45, 7) is 1.03. The second-order valence-corrected chi connectivity index (χ2v) is 8.47. The number of ether oxygens (including phenoxy) is 1. The molecule has 1 aromatic heterocycles. The van der Waals surface area contributed by atoms with Gasteiger partial charge in [0.2, 0.25) is 10.0 Å². The zero-order valence-electron chi connectivity index (χ0n) is 13.3. The van der Waals surface area contributed by atoms with Crippen molar-refractivity contribution < 1.29 is 17.9 Å². The molecule has 0 bridgehead atoms. The minimum atomic E-state index is -3.52. The maximum absolute atomic E-state index is 12.7. The number of thiophene rings is 1. The van der Waals surface area contributed by atoms with E-state index in [2.05, 4.69) is 21.6 Å². The molecule has 0 aliphatic carbocycles. The summed E-state index contributed by atoms with van der Waals surface area (Å²) in [7, 11) is -2.22. The number of esters is 1. The molecule has 0 N–H and O–H groups in total. The van der Waals surface area contributed by atoms with Gasteiger partial charge in [0, 0.05) is 13.1 Å². The van der Waals surface area contributed by atoms with E-state index in [4.69, 9.17) is 0 Å². The highest BCUT2D eigenvalue weighted by Gasteiger charge is 2.30. The average Bonchev–Trinajstić information content (AvgIpc) is 3.16. The van der Waals surface area contributed by atoms with Crippen LogP contribution in [0.25, 0.3) is 0 Å². The maximum atomic E-state index is 12.7. The number of hydrogen-bond acceptors (Lipinski definition) is 5. The van der Waals surface area contributed by atoms with Crippen molar-refractivity contribution in [1.82, 2.24) is 4.31 Å². The first-order valence-corrected chi connectivity index (χ1v) is 10.1. The van der Waals surface area contributed by atoms with Crippen molar-refractivity contribution in [1.29, 1.82) is 0 Å². The Morgan fingerprint density at radius 2 is 1.83 bits per heavy atom. The molecule has 1 fully saturated rings. The van der Waals surface area contributed by atoms with Crippen molar-refractivity contribution in [2.24, 2.45) is 0 Å². The normalized spacial score (nSPS) is 16.9. The van der Waals surface area contributed by atoms with Gasteiger partial charge in [-0.05, 0) is 65.4 Å². The van der Waals surface area contributed by atoms with Gasteiger partial charge in [-0.3, -0.25) is 0 Å². The highest BCUT2D eigenvalue weighted by Crippen LogP contribution is 2.31. The van der Waals surface area contributed by atoms with Crippen LogP contribution in [-0.4, -0.2) is 38.9 Å². The molecule has 128 valence electrons. The number of carbonyl (C=O) groups is 1. The quantitative estimate of drug-likeness (QED) is 0.781. The monoisotopic (exact) mass is 365 g/mol. The summed E-state index contributed by atoms with van der Waals surface area (Å²) in [6.07, 6.45) is 1.66. The van der Waals surface area contributed by atoms with E-state index in [9.17, 15) is 13.2 Å². The first kappa shape index (κ1) is 17.1. The number of piperidine rings is 1. The van der Waals surface area contributed by atoms with Crippen LogP contribution in [0.2, 0.25) is 0 Å². The lowest BCUT2D eigenvalue weighted by molar-refractivity contribution is 0.0600. The summed E-state index contributed by atoms with van der Waals surface area (Å²) in [5.41, 5.74) is 1.65. The summed E-state index contributed by atoms with van der Waals surface area (Å²) in [5, 5.41) is 4.20. The van der Waals surface area contributed by atoms with E-state index in [0.717, 1.165) is 12.8 Å². The molecule has 0 spiro atoms. The predicted molar refractivity (Wildman–Crippen MR) is 92.8 cm³/mol. The molecule has 2 heterocycles. The topological polar surface area (TPSA) is 63.7 Å². The maximum Gasteiger partial charge on any atom is 0.337 e. The van der Waals surface area contributed by atoms with Crippen LogP contribution in [0.3, 0.4) is 0 Å². The van der Waals surface area contributed by atoms with Gasteiger partial charge in [0.1, 0.15) is 0 Å². The van der Waals surface area contributed by atoms with Gasteiger partial charge in [-0.1, -0.05) is 0 Å². The van der Waals surface area contributed by atoms with E-state index in [0.29, 0.717) is 24.6 Å². The lowest BCUT2D eigenvalue weighted by Gasteiger charge is -2.31. The summed E-state index contributed by atoms with van der Waals surface area (Å²) < 4.78 is 31.6. The number of sulfonamides is 1. The van der Waals surface area contributed by atoms with E-state index in [1.54, 1.807) is 11.3 Å². The minimum Gasteiger partial charge on any atom is -0.465 e. The Hall–Kier alpha value is -1.70. The zero-order chi connectivity index (χ0) is 17.2. The van der Waals surface area contributed by atoms with Crippen molar-refractivity contribution in [2.45, 2.75) is 23.7 Å². The fourth-order valence-corrected chi connectivity index (χ4v) is 5.18. The van der Waals surface area contributed by atoms with E-state index < -0.39 is 16.0 Å². The van der Waals surface area contributed by atoms with Crippen molar-refractivity contribution in [2.75, 3.05) is 20.2 Å². The number of rotatable bonds is 4. The molecule has 5 nitrogen and oxygen atoms in total. The van der Waals surface area contributed by atoms with Crippen LogP contribution in [0.4, 0.5) is 0 Å². The van der Waals surface area contributed by atoms with Gasteiger partial charge in [-0.15, -0.1) is 0 Å². The molecule has 1 saturated heterocycles. The van der Waals surface area contributed by atoms with Crippen LogP contribution in [0.1, 0.15) is 34.7 Å². The highest BCUT2D eigenvalue weighted by molar-refractivity contribution is 7.89. The van der Waals surface area contributed by atoms with Crippen molar-refractivity contribution in [3.05, 3.63) is 52.2 Å². The molecule has 3 rings (SSSR count). The molecule has 2 aromatic rings. The predicted octanol–water partition coefficient (Wildman–Crippen LogP) is 3.10. The summed E-state index contributed by atoms with van der Waals surface area (Å²) in [5.74, 6) is -0.0417. The number of hydrogen-bond donors (Lipinski definition) is 0. The Kier molecular flexibility index (Phi) is 5.03. The molecule has 1 aliphatic heterocycles. The fraction of sp³-hybridized carbons (Fsp3) is 0.353. The average molecular weight is 365 g/mol.